The fourth-order valence-electron chi connectivity index (χ4n) is 3.44. The molecule has 1 aromatic carbocycles. The van der Waals surface area contributed by atoms with Crippen LogP contribution in [0.4, 0.5) is 4.79 Å². The van der Waals surface area contributed by atoms with Gasteiger partial charge in [0.25, 0.3) is 0 Å². The van der Waals surface area contributed by atoms with Crippen molar-refractivity contribution in [1.82, 2.24) is 15.5 Å². The molecule has 0 radical (unpaired) electrons. The lowest BCUT2D eigenvalue weighted by atomic mass is 9.97. The van der Waals surface area contributed by atoms with E-state index in [1.165, 1.54) is 11.0 Å². The number of aryl methyl sites for hydroxylation is 1. The number of phenols is 1. The first kappa shape index (κ1) is 29.7. The van der Waals surface area contributed by atoms with E-state index in [9.17, 15) is 24.3 Å². The number of rotatable bonds is 8. The quantitative estimate of drug-likeness (QED) is 0.438. The highest BCUT2D eigenvalue weighted by atomic mass is 16.6. The SMILES string of the molecule is Cc1cc(C(C(=O)NC(C)(C)C)N(C(=O)C(CC(N)=O)NC(=O)OC(C)(C)C)C(C)C)ccc1O. The zero-order valence-corrected chi connectivity index (χ0v) is 22.2. The van der Waals surface area contributed by atoms with Crippen molar-refractivity contribution >= 4 is 23.8 Å². The zero-order chi connectivity index (χ0) is 27.3. The molecule has 10 heteroatoms. The summed E-state index contributed by atoms with van der Waals surface area (Å²) in [5, 5.41) is 15.3. The zero-order valence-electron chi connectivity index (χ0n) is 22.2. The van der Waals surface area contributed by atoms with Gasteiger partial charge in [-0.1, -0.05) is 6.07 Å². The fourth-order valence-corrected chi connectivity index (χ4v) is 3.44. The number of hydrogen-bond donors (Lipinski definition) is 4. The summed E-state index contributed by atoms with van der Waals surface area (Å²) < 4.78 is 5.25. The van der Waals surface area contributed by atoms with Gasteiger partial charge in [0.2, 0.25) is 17.7 Å². The summed E-state index contributed by atoms with van der Waals surface area (Å²) in [6.07, 6.45) is -1.37. The lowest BCUT2D eigenvalue weighted by Crippen LogP contribution is -2.57. The van der Waals surface area contributed by atoms with Crippen molar-refractivity contribution in [3.63, 3.8) is 0 Å². The summed E-state index contributed by atoms with van der Waals surface area (Å²) in [4.78, 5) is 52.8. The van der Waals surface area contributed by atoms with Crippen molar-refractivity contribution in [2.45, 2.75) is 98.0 Å². The lowest BCUT2D eigenvalue weighted by Gasteiger charge is -2.38. The van der Waals surface area contributed by atoms with Crippen LogP contribution in [0.3, 0.4) is 0 Å². The van der Waals surface area contributed by atoms with Crippen LogP contribution in [0, 0.1) is 6.92 Å². The number of phenolic OH excluding ortho intramolecular Hbond substituents is 1. The van der Waals surface area contributed by atoms with Crippen LogP contribution in [0.25, 0.3) is 0 Å². The number of nitrogens with one attached hydrogen (secondary N) is 2. The molecule has 0 aromatic heterocycles. The van der Waals surface area contributed by atoms with E-state index in [-0.39, 0.29) is 5.75 Å². The van der Waals surface area contributed by atoms with Gasteiger partial charge < -0.3 is 31.1 Å². The number of amides is 4. The lowest BCUT2D eigenvalue weighted by molar-refractivity contribution is -0.146. The Balaban J connectivity index is 3.56. The molecule has 1 aromatic rings. The van der Waals surface area contributed by atoms with Gasteiger partial charge in [0, 0.05) is 11.6 Å². The number of hydrogen-bond acceptors (Lipinski definition) is 6. The largest absolute Gasteiger partial charge is 0.508 e. The Morgan fingerprint density at radius 1 is 1.09 bits per heavy atom. The Labute approximate surface area is 207 Å². The molecule has 5 N–H and O–H groups in total. The van der Waals surface area contributed by atoms with Crippen molar-refractivity contribution < 1.29 is 29.0 Å². The molecule has 4 amide bonds. The minimum absolute atomic E-state index is 0.0457. The average molecular weight is 493 g/mol. The minimum atomic E-state index is -1.35. The maximum Gasteiger partial charge on any atom is 0.408 e. The summed E-state index contributed by atoms with van der Waals surface area (Å²) in [6.45, 7) is 15.5. The van der Waals surface area contributed by atoms with Crippen molar-refractivity contribution in [1.29, 1.82) is 0 Å². The Hall–Kier alpha value is -3.30. The second kappa shape index (κ2) is 11.4. The molecule has 0 heterocycles. The highest BCUT2D eigenvalue weighted by molar-refractivity contribution is 5.94. The number of nitrogens with two attached hydrogens (primary N) is 1. The van der Waals surface area contributed by atoms with Gasteiger partial charge in [-0.3, -0.25) is 14.4 Å². The van der Waals surface area contributed by atoms with E-state index in [1.807, 2.05) is 20.8 Å². The van der Waals surface area contributed by atoms with Crippen molar-refractivity contribution in [2.24, 2.45) is 5.73 Å². The molecular formula is C25H40N4O6. The maximum atomic E-state index is 13.8. The molecule has 10 nitrogen and oxygen atoms in total. The molecule has 0 saturated carbocycles. The van der Waals surface area contributed by atoms with Crippen LogP contribution in [-0.4, -0.2) is 57.0 Å². The monoisotopic (exact) mass is 492 g/mol. The molecule has 0 bridgehead atoms. The molecule has 0 aliphatic heterocycles. The summed E-state index contributed by atoms with van der Waals surface area (Å²) >= 11 is 0. The summed E-state index contributed by atoms with van der Waals surface area (Å²) in [6, 6.07) is 1.65. The molecule has 0 saturated heterocycles. The van der Waals surface area contributed by atoms with Crippen LogP contribution in [0.2, 0.25) is 0 Å². The van der Waals surface area contributed by atoms with E-state index < -0.39 is 59.5 Å². The van der Waals surface area contributed by atoms with Gasteiger partial charge in [-0.25, -0.2) is 4.79 Å². The number of ether oxygens (including phenoxy) is 1. The van der Waals surface area contributed by atoms with Crippen LogP contribution in [0.5, 0.6) is 5.75 Å². The second-order valence-electron chi connectivity index (χ2n) is 10.9. The Kier molecular flexibility index (Phi) is 9.70. The Morgan fingerprint density at radius 3 is 2.09 bits per heavy atom. The fraction of sp³-hybridized carbons (Fsp3) is 0.600. The van der Waals surface area contributed by atoms with E-state index in [1.54, 1.807) is 53.7 Å². The smallest absolute Gasteiger partial charge is 0.408 e. The molecular weight excluding hydrogens is 452 g/mol. The van der Waals surface area contributed by atoms with Gasteiger partial charge in [-0.15, -0.1) is 0 Å². The standard InChI is InChI=1S/C25H40N4O6/c1-14(2)29(22(33)17(13-19(26)31)27-23(34)35-25(7,8)9)20(21(32)28-24(4,5)6)16-10-11-18(30)15(3)12-16/h10-12,14,17,20,30H,13H2,1-9H3,(H2,26,31)(H,27,34)(H,28,32). The molecule has 0 spiro atoms. The average Bonchev–Trinajstić information content (AvgIpc) is 2.63. The number of alkyl carbamates (subject to hydrolysis) is 1. The highest BCUT2D eigenvalue weighted by Gasteiger charge is 2.39. The van der Waals surface area contributed by atoms with Crippen LogP contribution in [-0.2, 0) is 19.1 Å². The predicted octanol–water partition coefficient (Wildman–Crippen LogP) is 2.66. The van der Waals surface area contributed by atoms with E-state index in [4.69, 9.17) is 10.5 Å². The van der Waals surface area contributed by atoms with Gasteiger partial charge in [0.1, 0.15) is 23.4 Å². The van der Waals surface area contributed by atoms with E-state index >= 15 is 0 Å². The first-order valence-electron chi connectivity index (χ1n) is 11.5. The summed E-state index contributed by atoms with van der Waals surface area (Å²) in [7, 11) is 0. The molecule has 1 rings (SSSR count). The third-order valence-electron chi connectivity index (χ3n) is 4.77. The van der Waals surface area contributed by atoms with Crippen LogP contribution in [0.1, 0.15) is 79.0 Å². The normalized spacial score (nSPS) is 13.5. The molecule has 0 fully saturated rings. The van der Waals surface area contributed by atoms with Crippen LogP contribution < -0.4 is 16.4 Å². The topological polar surface area (TPSA) is 151 Å². The third-order valence-corrected chi connectivity index (χ3v) is 4.77. The number of carbonyl (C=O) groups is 4. The Bertz CT molecular complexity index is 946. The predicted molar refractivity (Wildman–Crippen MR) is 132 cm³/mol. The molecule has 2 unspecified atom stereocenters. The number of benzene rings is 1. The molecule has 2 atom stereocenters. The van der Waals surface area contributed by atoms with Crippen molar-refractivity contribution in [3.8, 4) is 5.75 Å². The first-order valence-corrected chi connectivity index (χ1v) is 11.5. The van der Waals surface area contributed by atoms with Crippen molar-refractivity contribution in [2.75, 3.05) is 0 Å². The highest BCUT2D eigenvalue weighted by Crippen LogP contribution is 2.29. The Morgan fingerprint density at radius 2 is 1.66 bits per heavy atom. The molecule has 35 heavy (non-hydrogen) atoms. The summed E-state index contributed by atoms with van der Waals surface area (Å²) in [5.41, 5.74) is 4.91. The maximum absolute atomic E-state index is 13.8. The van der Waals surface area contributed by atoms with Gasteiger partial charge in [-0.2, -0.15) is 0 Å². The number of aromatic hydroxyl groups is 1. The first-order chi connectivity index (χ1) is 15.8. The minimum Gasteiger partial charge on any atom is -0.508 e. The van der Waals surface area contributed by atoms with Crippen molar-refractivity contribution in [3.05, 3.63) is 29.3 Å². The molecule has 196 valence electrons. The van der Waals surface area contributed by atoms with E-state index in [2.05, 4.69) is 10.6 Å². The number of primary amides is 1. The number of nitrogens with zero attached hydrogens (tertiary/aromatic N) is 1. The van der Waals surface area contributed by atoms with Gasteiger partial charge in [0.05, 0.1) is 6.42 Å². The third kappa shape index (κ3) is 9.46. The van der Waals surface area contributed by atoms with E-state index in [0.29, 0.717) is 11.1 Å². The van der Waals surface area contributed by atoms with E-state index in [0.717, 1.165) is 0 Å². The van der Waals surface area contributed by atoms with Crippen LogP contribution in [0.15, 0.2) is 18.2 Å². The van der Waals surface area contributed by atoms with Gasteiger partial charge >= 0.3 is 6.09 Å². The van der Waals surface area contributed by atoms with Gasteiger partial charge in [0.15, 0.2) is 0 Å². The number of carbonyl (C=O) groups excluding carboxylic acids is 4. The summed E-state index contributed by atoms with van der Waals surface area (Å²) in [5.74, 6) is -1.90. The molecule has 0 aliphatic rings. The van der Waals surface area contributed by atoms with Crippen LogP contribution >= 0.6 is 0 Å². The molecule has 0 aliphatic carbocycles. The van der Waals surface area contributed by atoms with Gasteiger partial charge in [-0.05, 0) is 85.6 Å². The second-order valence-corrected chi connectivity index (χ2v) is 10.9.